The van der Waals surface area contributed by atoms with E-state index in [9.17, 15) is 14.4 Å². The van der Waals surface area contributed by atoms with E-state index in [4.69, 9.17) is 5.11 Å². The molecule has 2 amide bonds. The highest BCUT2D eigenvalue weighted by molar-refractivity contribution is 8.00. The van der Waals surface area contributed by atoms with Crippen molar-refractivity contribution in [2.24, 2.45) is 0 Å². The smallest absolute Gasteiger partial charge is 0.338 e. The highest BCUT2D eigenvalue weighted by Crippen LogP contribution is 2.27. The highest BCUT2D eigenvalue weighted by atomic mass is 32.2. The molecule has 1 aliphatic heterocycles. The van der Waals surface area contributed by atoms with Gasteiger partial charge in [-0.25, -0.2) is 4.79 Å². The number of amides is 2. The Hall–Kier alpha value is -1.54. The Morgan fingerprint density at radius 3 is 2.84 bits per heavy atom. The van der Waals surface area contributed by atoms with Gasteiger partial charge in [0.15, 0.2) is 0 Å². The van der Waals surface area contributed by atoms with Gasteiger partial charge in [-0.15, -0.1) is 23.1 Å². The number of hydrogen-bond acceptors (Lipinski definition) is 5. The number of carboxylic acid groups (broad SMARTS) is 1. The summed E-state index contributed by atoms with van der Waals surface area (Å²) in [6.45, 7) is 1.73. The zero-order valence-electron chi connectivity index (χ0n) is 10.1. The molecule has 0 spiro atoms. The number of thioether (sulfide) groups is 1. The van der Waals surface area contributed by atoms with E-state index in [-0.39, 0.29) is 23.9 Å². The molecule has 1 fully saturated rings. The van der Waals surface area contributed by atoms with Gasteiger partial charge < -0.3 is 15.3 Å². The summed E-state index contributed by atoms with van der Waals surface area (Å²) in [5.41, 5.74) is 0.0815. The molecule has 0 aliphatic carbocycles. The molecule has 19 heavy (non-hydrogen) atoms. The van der Waals surface area contributed by atoms with Crippen LogP contribution >= 0.6 is 23.1 Å². The maximum atomic E-state index is 11.8. The van der Waals surface area contributed by atoms with Crippen molar-refractivity contribution in [3.05, 3.63) is 16.5 Å². The fourth-order valence-electron chi connectivity index (χ4n) is 1.65. The number of aromatic carboxylic acids is 1. The summed E-state index contributed by atoms with van der Waals surface area (Å²) >= 11 is 2.66. The number of hydrogen-bond donors (Lipinski definition) is 2. The van der Waals surface area contributed by atoms with E-state index >= 15 is 0 Å². The molecule has 0 radical (unpaired) electrons. The third-order valence-electron chi connectivity index (χ3n) is 2.50. The second-order valence-corrected chi connectivity index (χ2v) is 6.23. The Labute approximate surface area is 117 Å². The molecule has 2 heterocycles. The monoisotopic (exact) mass is 300 g/mol. The van der Waals surface area contributed by atoms with Crippen LogP contribution in [0, 0.1) is 6.92 Å². The van der Waals surface area contributed by atoms with Crippen LogP contribution < -0.4 is 5.32 Å². The SMILES string of the molecule is Cc1cc(C(=O)O)c(NC(=O)CN2CSCC2=O)s1. The van der Waals surface area contributed by atoms with Crippen molar-refractivity contribution >= 4 is 45.9 Å². The van der Waals surface area contributed by atoms with Crippen molar-refractivity contribution in [3.63, 3.8) is 0 Å². The standard InChI is InChI=1S/C11H12N2O4S2/c1-6-2-7(11(16)17)10(19-6)12-8(14)3-13-5-18-4-9(13)15/h2H,3-5H2,1H3,(H,12,14)(H,16,17). The first-order chi connectivity index (χ1) is 8.97. The van der Waals surface area contributed by atoms with Crippen molar-refractivity contribution in [3.8, 4) is 0 Å². The fourth-order valence-corrected chi connectivity index (χ4v) is 3.47. The molecule has 0 saturated carbocycles. The summed E-state index contributed by atoms with van der Waals surface area (Å²) in [5.74, 6) is -0.624. The third-order valence-corrected chi connectivity index (χ3v) is 4.41. The highest BCUT2D eigenvalue weighted by Gasteiger charge is 2.24. The topological polar surface area (TPSA) is 86.7 Å². The van der Waals surface area contributed by atoms with Gasteiger partial charge in [-0.3, -0.25) is 9.59 Å². The van der Waals surface area contributed by atoms with Crippen LogP contribution in [0.4, 0.5) is 5.00 Å². The van der Waals surface area contributed by atoms with Crippen LogP contribution in [0.3, 0.4) is 0 Å². The van der Waals surface area contributed by atoms with Crippen molar-refractivity contribution in [2.75, 3.05) is 23.5 Å². The molecule has 102 valence electrons. The third kappa shape index (κ3) is 3.27. The molecular weight excluding hydrogens is 288 g/mol. The second kappa shape index (κ2) is 5.62. The Kier molecular flexibility index (Phi) is 4.11. The van der Waals surface area contributed by atoms with Crippen LogP contribution in [0.2, 0.25) is 0 Å². The lowest BCUT2D eigenvalue weighted by Crippen LogP contribution is -2.34. The Balaban J connectivity index is 2.02. The van der Waals surface area contributed by atoms with Gasteiger partial charge in [0, 0.05) is 4.88 Å². The van der Waals surface area contributed by atoms with E-state index in [1.165, 1.54) is 34.1 Å². The molecule has 0 aromatic carbocycles. The van der Waals surface area contributed by atoms with Gasteiger partial charge in [0.1, 0.15) is 11.5 Å². The van der Waals surface area contributed by atoms with Crippen molar-refractivity contribution in [2.45, 2.75) is 6.92 Å². The number of nitrogens with zero attached hydrogens (tertiary/aromatic N) is 1. The largest absolute Gasteiger partial charge is 0.478 e. The molecule has 0 unspecified atom stereocenters. The second-order valence-electron chi connectivity index (χ2n) is 4.02. The maximum absolute atomic E-state index is 11.8. The van der Waals surface area contributed by atoms with Gasteiger partial charge in [-0.05, 0) is 13.0 Å². The normalized spacial score (nSPS) is 14.8. The van der Waals surface area contributed by atoms with E-state index in [2.05, 4.69) is 5.32 Å². The molecule has 1 aromatic rings. The lowest BCUT2D eigenvalue weighted by molar-refractivity contribution is -0.130. The number of thiophene rings is 1. The van der Waals surface area contributed by atoms with Crippen LogP contribution in [0.5, 0.6) is 0 Å². The Morgan fingerprint density at radius 1 is 1.53 bits per heavy atom. The average Bonchev–Trinajstić information content (AvgIpc) is 2.86. The first-order valence-electron chi connectivity index (χ1n) is 5.46. The lowest BCUT2D eigenvalue weighted by atomic mass is 10.3. The Bertz CT molecular complexity index is 541. The van der Waals surface area contributed by atoms with Gasteiger partial charge in [0.25, 0.3) is 0 Å². The molecule has 6 nitrogen and oxygen atoms in total. The number of aryl methyl sites for hydroxylation is 1. The van der Waals surface area contributed by atoms with Gasteiger partial charge >= 0.3 is 5.97 Å². The van der Waals surface area contributed by atoms with E-state index in [0.717, 1.165) is 4.88 Å². The van der Waals surface area contributed by atoms with Gasteiger partial charge in [0.2, 0.25) is 11.8 Å². The summed E-state index contributed by atoms with van der Waals surface area (Å²) in [6.07, 6.45) is 0. The first-order valence-corrected chi connectivity index (χ1v) is 7.43. The number of anilines is 1. The van der Waals surface area contributed by atoms with Crippen LogP contribution in [0.1, 0.15) is 15.2 Å². The zero-order valence-corrected chi connectivity index (χ0v) is 11.8. The predicted molar refractivity (Wildman–Crippen MR) is 73.7 cm³/mol. The molecule has 1 aliphatic rings. The number of carbonyl (C=O) groups is 3. The van der Waals surface area contributed by atoms with Crippen molar-refractivity contribution < 1.29 is 19.5 Å². The molecule has 0 bridgehead atoms. The van der Waals surface area contributed by atoms with Crippen LogP contribution in [-0.2, 0) is 9.59 Å². The molecule has 2 rings (SSSR count). The molecule has 8 heteroatoms. The first kappa shape index (κ1) is 13.9. The van der Waals surface area contributed by atoms with E-state index in [0.29, 0.717) is 16.6 Å². The fraction of sp³-hybridized carbons (Fsp3) is 0.364. The molecule has 0 atom stereocenters. The van der Waals surface area contributed by atoms with Crippen LogP contribution in [0.15, 0.2) is 6.07 Å². The average molecular weight is 300 g/mol. The number of nitrogens with one attached hydrogen (secondary N) is 1. The zero-order chi connectivity index (χ0) is 14.0. The number of carbonyl (C=O) groups excluding carboxylic acids is 2. The lowest BCUT2D eigenvalue weighted by Gasteiger charge is -2.13. The summed E-state index contributed by atoms with van der Waals surface area (Å²) in [7, 11) is 0. The van der Waals surface area contributed by atoms with Crippen molar-refractivity contribution in [1.29, 1.82) is 0 Å². The molecule has 2 N–H and O–H groups in total. The van der Waals surface area contributed by atoms with Crippen molar-refractivity contribution in [1.82, 2.24) is 4.90 Å². The summed E-state index contributed by atoms with van der Waals surface area (Å²) in [6, 6.07) is 1.51. The van der Waals surface area contributed by atoms with Crippen LogP contribution in [-0.4, -0.2) is 46.0 Å². The molecule has 1 saturated heterocycles. The molecule has 1 aromatic heterocycles. The quantitative estimate of drug-likeness (QED) is 0.873. The Morgan fingerprint density at radius 2 is 2.26 bits per heavy atom. The van der Waals surface area contributed by atoms with Gasteiger partial charge in [-0.1, -0.05) is 0 Å². The minimum atomic E-state index is -1.08. The predicted octanol–water partition coefficient (Wildman–Crippen LogP) is 1.23. The van der Waals surface area contributed by atoms with E-state index in [1.807, 2.05) is 0 Å². The summed E-state index contributed by atoms with van der Waals surface area (Å²) < 4.78 is 0. The van der Waals surface area contributed by atoms with Crippen LogP contribution in [0.25, 0.3) is 0 Å². The van der Waals surface area contributed by atoms with E-state index < -0.39 is 5.97 Å². The molecular formula is C11H12N2O4S2. The minimum absolute atomic E-state index is 0.0398. The van der Waals surface area contributed by atoms with E-state index in [1.54, 1.807) is 6.92 Å². The minimum Gasteiger partial charge on any atom is -0.478 e. The summed E-state index contributed by atoms with van der Waals surface area (Å²) in [4.78, 5) is 36.4. The maximum Gasteiger partial charge on any atom is 0.338 e. The van der Waals surface area contributed by atoms with Gasteiger partial charge in [0.05, 0.1) is 17.2 Å². The van der Waals surface area contributed by atoms with Gasteiger partial charge in [-0.2, -0.15) is 0 Å². The number of carboxylic acids is 1. The number of rotatable bonds is 4. The summed E-state index contributed by atoms with van der Waals surface area (Å²) in [5, 5.41) is 11.9.